The minimum atomic E-state index is -0.151. The SMILES string of the molecule is CC(C)(C)c1cc(CCC(=O)NC[C@H]2CCCO2)cc(C(C)(C)C)c1O. The van der Waals surface area contributed by atoms with Crippen LogP contribution in [0.2, 0.25) is 0 Å². The first-order valence-electron chi connectivity index (χ1n) is 9.73. The minimum Gasteiger partial charge on any atom is -0.507 e. The van der Waals surface area contributed by atoms with Crippen molar-refractivity contribution < 1.29 is 14.6 Å². The van der Waals surface area contributed by atoms with E-state index in [2.05, 4.69) is 59.0 Å². The molecule has 4 nitrogen and oxygen atoms in total. The van der Waals surface area contributed by atoms with E-state index in [1.807, 2.05) is 0 Å². The summed E-state index contributed by atoms with van der Waals surface area (Å²) in [6.07, 6.45) is 3.41. The summed E-state index contributed by atoms with van der Waals surface area (Å²) in [6.45, 7) is 14.0. The van der Waals surface area contributed by atoms with E-state index >= 15 is 0 Å². The lowest BCUT2D eigenvalue weighted by Crippen LogP contribution is -2.31. The van der Waals surface area contributed by atoms with Crippen LogP contribution in [0.4, 0.5) is 0 Å². The Bertz CT molecular complexity index is 597. The largest absolute Gasteiger partial charge is 0.507 e. The van der Waals surface area contributed by atoms with Crippen molar-refractivity contribution in [3.8, 4) is 5.75 Å². The summed E-state index contributed by atoms with van der Waals surface area (Å²) in [6, 6.07) is 4.11. The normalized spacial score (nSPS) is 18.2. The molecule has 2 N–H and O–H groups in total. The summed E-state index contributed by atoms with van der Waals surface area (Å²) in [7, 11) is 0. The van der Waals surface area contributed by atoms with Crippen molar-refractivity contribution in [2.45, 2.75) is 84.2 Å². The lowest BCUT2D eigenvalue weighted by atomic mass is 9.78. The highest BCUT2D eigenvalue weighted by Crippen LogP contribution is 2.39. The van der Waals surface area contributed by atoms with Crippen molar-refractivity contribution in [1.82, 2.24) is 5.32 Å². The van der Waals surface area contributed by atoms with E-state index in [4.69, 9.17) is 4.74 Å². The third-order valence-corrected chi connectivity index (χ3v) is 4.98. The lowest BCUT2D eigenvalue weighted by Gasteiger charge is -2.28. The maximum atomic E-state index is 12.2. The number of aromatic hydroxyl groups is 1. The number of ether oxygens (including phenoxy) is 1. The van der Waals surface area contributed by atoms with Gasteiger partial charge in [0.25, 0.3) is 0 Å². The standard InChI is InChI=1S/C22H35NO3/c1-21(2,3)17-12-15(13-18(20(17)25)22(4,5)6)9-10-19(24)23-14-16-8-7-11-26-16/h12-13,16,25H,7-11,14H2,1-6H3,(H,23,24)/t16-/m1/s1. The van der Waals surface area contributed by atoms with E-state index in [0.717, 1.165) is 36.1 Å². The van der Waals surface area contributed by atoms with Crippen molar-refractivity contribution in [3.05, 3.63) is 28.8 Å². The Morgan fingerprint density at radius 3 is 2.19 bits per heavy atom. The number of hydrogen-bond donors (Lipinski definition) is 2. The molecule has 1 aromatic rings. The molecular weight excluding hydrogens is 326 g/mol. The summed E-state index contributed by atoms with van der Waals surface area (Å²) in [5, 5.41) is 13.8. The molecule has 1 heterocycles. The molecule has 1 atom stereocenters. The minimum absolute atomic E-state index is 0.0585. The van der Waals surface area contributed by atoms with Gasteiger partial charge in [0.05, 0.1) is 6.10 Å². The number of carbonyl (C=O) groups is 1. The van der Waals surface area contributed by atoms with Crippen LogP contribution < -0.4 is 5.32 Å². The van der Waals surface area contributed by atoms with Crippen molar-refractivity contribution in [2.24, 2.45) is 0 Å². The molecule has 26 heavy (non-hydrogen) atoms. The fraction of sp³-hybridized carbons (Fsp3) is 0.682. The molecule has 1 aliphatic rings. The Labute approximate surface area is 158 Å². The Hall–Kier alpha value is -1.55. The number of aryl methyl sites for hydroxylation is 1. The third kappa shape index (κ3) is 5.47. The molecular formula is C22H35NO3. The number of phenolic OH excluding ortho intramolecular Hbond substituents is 1. The molecule has 0 radical (unpaired) electrons. The van der Waals surface area contributed by atoms with Crippen LogP contribution in [0.1, 0.15) is 77.5 Å². The highest BCUT2D eigenvalue weighted by atomic mass is 16.5. The Morgan fingerprint density at radius 2 is 1.73 bits per heavy atom. The van der Waals surface area contributed by atoms with Gasteiger partial charge in [-0.05, 0) is 46.8 Å². The van der Waals surface area contributed by atoms with Crippen LogP contribution in [0.3, 0.4) is 0 Å². The molecule has 0 spiro atoms. The second kappa shape index (κ2) is 7.99. The smallest absolute Gasteiger partial charge is 0.220 e. The number of phenols is 1. The molecule has 1 fully saturated rings. The number of carbonyl (C=O) groups excluding carboxylic acids is 1. The molecule has 0 unspecified atom stereocenters. The van der Waals surface area contributed by atoms with Gasteiger partial charge in [-0.3, -0.25) is 4.79 Å². The van der Waals surface area contributed by atoms with Crippen LogP contribution in [-0.2, 0) is 26.8 Å². The average Bonchev–Trinajstić information content (AvgIpc) is 3.03. The molecule has 0 saturated carbocycles. The van der Waals surface area contributed by atoms with E-state index in [-0.39, 0.29) is 22.8 Å². The summed E-state index contributed by atoms with van der Waals surface area (Å²) in [5.41, 5.74) is 2.69. The fourth-order valence-corrected chi connectivity index (χ4v) is 3.36. The van der Waals surface area contributed by atoms with Gasteiger partial charge in [0.2, 0.25) is 5.91 Å². The zero-order chi connectivity index (χ0) is 19.5. The van der Waals surface area contributed by atoms with E-state index in [1.165, 1.54) is 0 Å². The zero-order valence-electron chi connectivity index (χ0n) is 17.2. The molecule has 0 bridgehead atoms. The quantitative estimate of drug-likeness (QED) is 0.826. The number of benzene rings is 1. The van der Waals surface area contributed by atoms with Crippen molar-refractivity contribution in [2.75, 3.05) is 13.2 Å². The molecule has 1 aliphatic heterocycles. The Kier molecular flexibility index (Phi) is 6.38. The molecule has 0 aliphatic carbocycles. The van der Waals surface area contributed by atoms with Crippen LogP contribution in [0, 0.1) is 0 Å². The summed E-state index contributed by atoms with van der Waals surface area (Å²) in [4.78, 5) is 12.2. The van der Waals surface area contributed by atoms with Gasteiger partial charge in [0.1, 0.15) is 5.75 Å². The first-order chi connectivity index (χ1) is 12.0. The Morgan fingerprint density at radius 1 is 1.15 bits per heavy atom. The maximum absolute atomic E-state index is 12.2. The molecule has 2 rings (SSSR count). The van der Waals surface area contributed by atoms with Gasteiger partial charge in [-0.25, -0.2) is 0 Å². The number of rotatable bonds is 5. The van der Waals surface area contributed by atoms with Crippen LogP contribution in [0.15, 0.2) is 12.1 Å². The van der Waals surface area contributed by atoms with Gasteiger partial charge in [0, 0.05) is 19.6 Å². The molecule has 1 saturated heterocycles. The number of hydrogen-bond acceptors (Lipinski definition) is 3. The van der Waals surface area contributed by atoms with Gasteiger partial charge < -0.3 is 15.2 Å². The first-order valence-corrected chi connectivity index (χ1v) is 9.73. The van der Waals surface area contributed by atoms with Crippen LogP contribution in [0.5, 0.6) is 5.75 Å². The maximum Gasteiger partial charge on any atom is 0.220 e. The molecule has 146 valence electrons. The van der Waals surface area contributed by atoms with Gasteiger partial charge >= 0.3 is 0 Å². The topological polar surface area (TPSA) is 58.6 Å². The summed E-state index contributed by atoms with van der Waals surface area (Å²) < 4.78 is 5.54. The lowest BCUT2D eigenvalue weighted by molar-refractivity contribution is -0.121. The highest BCUT2D eigenvalue weighted by molar-refractivity contribution is 5.76. The van der Waals surface area contributed by atoms with Gasteiger partial charge in [-0.1, -0.05) is 53.7 Å². The average molecular weight is 362 g/mol. The second-order valence-electron chi connectivity index (χ2n) is 9.48. The summed E-state index contributed by atoms with van der Waals surface area (Å²) >= 11 is 0. The van der Waals surface area contributed by atoms with E-state index in [1.54, 1.807) is 0 Å². The molecule has 0 aromatic heterocycles. The van der Waals surface area contributed by atoms with Gasteiger partial charge in [-0.2, -0.15) is 0 Å². The molecule has 1 aromatic carbocycles. The number of nitrogens with one attached hydrogen (secondary N) is 1. The third-order valence-electron chi connectivity index (χ3n) is 4.98. The first kappa shape index (κ1) is 20.8. The van der Waals surface area contributed by atoms with Crippen molar-refractivity contribution in [1.29, 1.82) is 0 Å². The van der Waals surface area contributed by atoms with Crippen molar-refractivity contribution >= 4 is 5.91 Å². The predicted molar refractivity (Wildman–Crippen MR) is 106 cm³/mol. The van der Waals surface area contributed by atoms with Crippen LogP contribution in [-0.4, -0.2) is 30.3 Å². The van der Waals surface area contributed by atoms with Gasteiger partial charge in [-0.15, -0.1) is 0 Å². The van der Waals surface area contributed by atoms with E-state index < -0.39 is 0 Å². The molecule has 1 amide bonds. The van der Waals surface area contributed by atoms with Gasteiger partial charge in [0.15, 0.2) is 0 Å². The van der Waals surface area contributed by atoms with Crippen molar-refractivity contribution in [3.63, 3.8) is 0 Å². The van der Waals surface area contributed by atoms with E-state index in [9.17, 15) is 9.90 Å². The zero-order valence-corrected chi connectivity index (χ0v) is 17.2. The summed E-state index contributed by atoms with van der Waals surface area (Å²) in [5.74, 6) is 0.444. The highest BCUT2D eigenvalue weighted by Gasteiger charge is 2.26. The van der Waals surface area contributed by atoms with Crippen LogP contribution >= 0.6 is 0 Å². The predicted octanol–water partition coefficient (Wildman–Crippen LogP) is 4.22. The molecule has 4 heteroatoms. The second-order valence-corrected chi connectivity index (χ2v) is 9.48. The Balaban J connectivity index is 2.09. The number of amides is 1. The van der Waals surface area contributed by atoms with E-state index in [0.29, 0.717) is 25.1 Å². The van der Waals surface area contributed by atoms with Crippen LogP contribution in [0.25, 0.3) is 0 Å². The monoisotopic (exact) mass is 361 g/mol. The fourth-order valence-electron chi connectivity index (χ4n) is 3.36.